The second-order valence-corrected chi connectivity index (χ2v) is 9.27. The molecule has 0 saturated carbocycles. The number of halogens is 1. The molecule has 3 aromatic rings. The zero-order valence-electron chi connectivity index (χ0n) is 18.1. The van der Waals surface area contributed by atoms with Gasteiger partial charge < -0.3 is 9.84 Å². The molecule has 1 aromatic carbocycles. The van der Waals surface area contributed by atoms with Gasteiger partial charge in [-0.25, -0.2) is 9.37 Å². The monoisotopic (exact) mass is 444 g/mol. The van der Waals surface area contributed by atoms with E-state index in [1.165, 1.54) is 17.8 Å². The number of aromatic nitrogens is 3. The van der Waals surface area contributed by atoms with Crippen molar-refractivity contribution in [1.82, 2.24) is 19.7 Å². The van der Waals surface area contributed by atoms with Crippen LogP contribution in [0.4, 0.5) is 4.39 Å². The molecule has 0 aliphatic carbocycles. The fraction of sp³-hybridized carbons (Fsp3) is 0.478. The molecule has 1 aliphatic heterocycles. The Labute approximate surface area is 186 Å². The van der Waals surface area contributed by atoms with Crippen LogP contribution in [-0.4, -0.2) is 44.5 Å². The van der Waals surface area contributed by atoms with Gasteiger partial charge in [-0.05, 0) is 63.1 Å². The highest BCUT2D eigenvalue weighted by atomic mass is 32.1. The van der Waals surface area contributed by atoms with Crippen LogP contribution in [0.5, 0.6) is 5.75 Å². The number of benzene rings is 1. The van der Waals surface area contributed by atoms with Crippen LogP contribution in [0.3, 0.4) is 0 Å². The first-order chi connectivity index (χ1) is 14.9. The zero-order chi connectivity index (χ0) is 21.8. The lowest BCUT2D eigenvalue weighted by atomic mass is 9.96. The van der Waals surface area contributed by atoms with Crippen molar-refractivity contribution in [1.29, 1.82) is 0 Å². The number of thiazole rings is 1. The van der Waals surface area contributed by atoms with Crippen molar-refractivity contribution in [2.24, 2.45) is 7.05 Å². The van der Waals surface area contributed by atoms with Gasteiger partial charge in [-0.1, -0.05) is 0 Å². The SMILES string of the molecule is Cc1nc(C2(O)CCCN(Cc3ccnn3C)CC2)sc1CCOc1ccc(F)cc1. The molecule has 1 unspecified atom stereocenters. The third kappa shape index (κ3) is 5.31. The Hall–Kier alpha value is -2.29. The smallest absolute Gasteiger partial charge is 0.125 e. The van der Waals surface area contributed by atoms with Crippen molar-refractivity contribution in [3.05, 3.63) is 63.6 Å². The maximum absolute atomic E-state index is 13.0. The molecule has 1 fully saturated rings. The van der Waals surface area contributed by atoms with Gasteiger partial charge in [-0.15, -0.1) is 11.3 Å². The predicted octanol–water partition coefficient (Wildman–Crippen LogP) is 3.82. The summed E-state index contributed by atoms with van der Waals surface area (Å²) in [7, 11) is 1.96. The van der Waals surface area contributed by atoms with Gasteiger partial charge in [0.1, 0.15) is 22.2 Å². The van der Waals surface area contributed by atoms with E-state index >= 15 is 0 Å². The molecule has 1 aliphatic rings. The van der Waals surface area contributed by atoms with Gasteiger partial charge in [-0.2, -0.15) is 5.10 Å². The van der Waals surface area contributed by atoms with E-state index < -0.39 is 5.60 Å². The first kappa shape index (κ1) is 21.9. The van der Waals surface area contributed by atoms with Gasteiger partial charge in [0.15, 0.2) is 0 Å². The molecule has 0 spiro atoms. The zero-order valence-corrected chi connectivity index (χ0v) is 18.9. The van der Waals surface area contributed by atoms with Crippen LogP contribution in [0, 0.1) is 12.7 Å². The van der Waals surface area contributed by atoms with Crippen molar-refractivity contribution < 1.29 is 14.2 Å². The fourth-order valence-corrected chi connectivity index (χ4v) is 5.17. The van der Waals surface area contributed by atoms with Crippen molar-refractivity contribution in [2.45, 2.75) is 44.8 Å². The summed E-state index contributed by atoms with van der Waals surface area (Å²) >= 11 is 1.59. The molecule has 1 N–H and O–H groups in total. The number of rotatable bonds is 7. The van der Waals surface area contributed by atoms with Crippen molar-refractivity contribution in [2.75, 3.05) is 19.7 Å². The van der Waals surface area contributed by atoms with Gasteiger partial charge in [-0.3, -0.25) is 9.58 Å². The molecular formula is C23H29FN4O2S. The summed E-state index contributed by atoms with van der Waals surface area (Å²) in [5.74, 6) is 0.380. The highest BCUT2D eigenvalue weighted by molar-refractivity contribution is 7.11. The largest absolute Gasteiger partial charge is 0.493 e. The average molecular weight is 445 g/mol. The summed E-state index contributed by atoms with van der Waals surface area (Å²) in [6.45, 7) is 5.10. The van der Waals surface area contributed by atoms with Crippen molar-refractivity contribution in [3.8, 4) is 5.75 Å². The van der Waals surface area contributed by atoms with E-state index in [1.54, 1.807) is 23.5 Å². The van der Waals surface area contributed by atoms with Crippen LogP contribution in [0.25, 0.3) is 0 Å². The quantitative estimate of drug-likeness (QED) is 0.600. The summed E-state index contributed by atoms with van der Waals surface area (Å²) in [5.41, 5.74) is 1.25. The lowest BCUT2D eigenvalue weighted by Crippen LogP contribution is -2.29. The van der Waals surface area contributed by atoms with Crippen LogP contribution < -0.4 is 4.74 Å². The van der Waals surface area contributed by atoms with E-state index in [-0.39, 0.29) is 5.82 Å². The van der Waals surface area contributed by atoms with E-state index in [2.05, 4.69) is 10.00 Å². The topological polar surface area (TPSA) is 63.4 Å². The summed E-state index contributed by atoms with van der Waals surface area (Å²) in [4.78, 5) is 8.24. The third-order valence-electron chi connectivity index (χ3n) is 5.92. The van der Waals surface area contributed by atoms with E-state index in [1.807, 2.05) is 30.9 Å². The second kappa shape index (κ2) is 9.46. The Morgan fingerprint density at radius 2 is 2.00 bits per heavy atom. The van der Waals surface area contributed by atoms with E-state index in [0.29, 0.717) is 31.6 Å². The molecule has 3 heterocycles. The van der Waals surface area contributed by atoms with Crippen LogP contribution >= 0.6 is 11.3 Å². The number of aliphatic hydroxyl groups is 1. The minimum atomic E-state index is -0.882. The molecule has 31 heavy (non-hydrogen) atoms. The highest BCUT2D eigenvalue weighted by Crippen LogP contribution is 2.37. The predicted molar refractivity (Wildman–Crippen MR) is 119 cm³/mol. The van der Waals surface area contributed by atoms with Crippen LogP contribution in [0.15, 0.2) is 36.5 Å². The number of nitrogens with zero attached hydrogens (tertiary/aromatic N) is 4. The normalized spacial score (nSPS) is 20.0. The van der Waals surface area contributed by atoms with Crippen LogP contribution in [-0.2, 0) is 25.6 Å². The number of likely N-dealkylation sites (tertiary alicyclic amines) is 1. The fourth-order valence-electron chi connectivity index (χ4n) is 3.98. The first-order valence-electron chi connectivity index (χ1n) is 10.7. The number of hydrogen-bond donors (Lipinski definition) is 1. The Morgan fingerprint density at radius 3 is 2.74 bits per heavy atom. The summed E-state index contributed by atoms with van der Waals surface area (Å²) < 4.78 is 20.6. The molecule has 8 heteroatoms. The Balaban J connectivity index is 1.36. The van der Waals surface area contributed by atoms with Crippen LogP contribution in [0.1, 0.15) is 40.5 Å². The maximum atomic E-state index is 13.0. The molecule has 0 amide bonds. The van der Waals surface area contributed by atoms with Gasteiger partial charge in [0, 0.05) is 37.6 Å². The minimum Gasteiger partial charge on any atom is -0.493 e. The molecular weight excluding hydrogens is 415 g/mol. The lowest BCUT2D eigenvalue weighted by Gasteiger charge is -2.24. The van der Waals surface area contributed by atoms with Crippen molar-refractivity contribution >= 4 is 11.3 Å². The summed E-state index contributed by atoms with van der Waals surface area (Å²) in [6.07, 6.45) is 4.85. The standard InChI is InChI=1S/C23H29FN4O2S/c1-17-21(9-15-30-20-6-4-18(24)5-7-20)31-22(26-17)23(29)10-3-13-28(14-11-23)16-19-8-12-25-27(19)2/h4-8,12,29H,3,9-11,13-16H2,1-2H3. The van der Waals surface area contributed by atoms with Crippen molar-refractivity contribution in [3.63, 3.8) is 0 Å². The molecule has 0 radical (unpaired) electrons. The molecule has 0 bridgehead atoms. The van der Waals surface area contributed by atoms with E-state index in [9.17, 15) is 9.50 Å². The molecule has 1 atom stereocenters. The Kier molecular flexibility index (Phi) is 6.69. The average Bonchev–Trinajstić information content (AvgIpc) is 3.27. The highest BCUT2D eigenvalue weighted by Gasteiger charge is 2.35. The lowest BCUT2D eigenvalue weighted by molar-refractivity contribution is 0.0206. The molecule has 166 valence electrons. The number of aryl methyl sites for hydroxylation is 2. The van der Waals surface area contributed by atoms with E-state index in [4.69, 9.17) is 9.72 Å². The van der Waals surface area contributed by atoms with Gasteiger partial charge >= 0.3 is 0 Å². The molecule has 2 aromatic heterocycles. The second-order valence-electron chi connectivity index (χ2n) is 8.19. The summed E-state index contributed by atoms with van der Waals surface area (Å²) in [6, 6.07) is 8.09. The Bertz CT molecular complexity index is 1000. The summed E-state index contributed by atoms with van der Waals surface area (Å²) in [5, 5.41) is 16.5. The number of hydrogen-bond acceptors (Lipinski definition) is 6. The van der Waals surface area contributed by atoms with Crippen LogP contribution in [0.2, 0.25) is 0 Å². The maximum Gasteiger partial charge on any atom is 0.125 e. The third-order valence-corrected chi connectivity index (χ3v) is 7.33. The van der Waals surface area contributed by atoms with Gasteiger partial charge in [0.2, 0.25) is 0 Å². The molecule has 1 saturated heterocycles. The number of ether oxygens (including phenoxy) is 1. The Morgan fingerprint density at radius 1 is 1.19 bits per heavy atom. The molecule has 6 nitrogen and oxygen atoms in total. The first-order valence-corrected chi connectivity index (χ1v) is 11.5. The van der Waals surface area contributed by atoms with E-state index in [0.717, 1.165) is 41.6 Å². The van der Waals surface area contributed by atoms with Gasteiger partial charge in [0.25, 0.3) is 0 Å². The molecule has 4 rings (SSSR count). The minimum absolute atomic E-state index is 0.272. The van der Waals surface area contributed by atoms with Gasteiger partial charge in [0.05, 0.1) is 18.0 Å².